The van der Waals surface area contributed by atoms with Crippen LogP contribution in [0.5, 0.6) is 0 Å². The van der Waals surface area contributed by atoms with Gasteiger partial charge in [0.25, 0.3) is 0 Å². The van der Waals surface area contributed by atoms with E-state index in [1.54, 1.807) is 0 Å². The molecule has 0 amide bonds. The van der Waals surface area contributed by atoms with Crippen molar-refractivity contribution in [2.45, 2.75) is 19.3 Å². The van der Waals surface area contributed by atoms with Crippen LogP contribution in [-0.4, -0.2) is 0 Å². The Balaban J connectivity index is 1.10. The molecule has 0 bridgehead atoms. The number of rotatable bonds is 3. The number of benzene rings is 9. The van der Waals surface area contributed by atoms with Crippen LogP contribution in [0.4, 0.5) is 0 Å². The van der Waals surface area contributed by atoms with E-state index in [1.807, 2.05) is 12.1 Å². The minimum Gasteiger partial charge on any atom is -0.456 e. The summed E-state index contributed by atoms with van der Waals surface area (Å²) in [5.74, 6) is 0. The largest absolute Gasteiger partial charge is 0.456 e. The summed E-state index contributed by atoms with van der Waals surface area (Å²) in [7, 11) is 0. The zero-order valence-electron chi connectivity index (χ0n) is 29.1. The molecule has 244 valence electrons. The third-order valence-electron chi connectivity index (χ3n) is 11.6. The molecule has 1 nitrogen and oxygen atoms in total. The van der Waals surface area contributed by atoms with Crippen molar-refractivity contribution in [1.29, 1.82) is 0 Å². The van der Waals surface area contributed by atoms with E-state index >= 15 is 0 Å². The van der Waals surface area contributed by atoms with Crippen molar-refractivity contribution < 1.29 is 4.42 Å². The van der Waals surface area contributed by atoms with Crippen molar-refractivity contribution in [3.05, 3.63) is 181 Å². The number of para-hydroxylation sites is 1. The fourth-order valence-electron chi connectivity index (χ4n) is 9.28. The van der Waals surface area contributed by atoms with Gasteiger partial charge in [0.1, 0.15) is 11.2 Å². The third-order valence-corrected chi connectivity index (χ3v) is 11.6. The highest BCUT2D eigenvalue weighted by atomic mass is 16.3. The Kier molecular flexibility index (Phi) is 6.08. The Morgan fingerprint density at radius 3 is 1.65 bits per heavy atom. The Labute approximate surface area is 302 Å². The second kappa shape index (κ2) is 10.8. The summed E-state index contributed by atoms with van der Waals surface area (Å²) in [6, 6.07) is 62.5. The van der Waals surface area contributed by atoms with Crippen molar-refractivity contribution in [2.24, 2.45) is 0 Å². The van der Waals surface area contributed by atoms with Crippen molar-refractivity contribution in [2.75, 3.05) is 0 Å². The summed E-state index contributed by atoms with van der Waals surface area (Å²) in [5, 5.41) is 9.94. The summed E-state index contributed by atoms with van der Waals surface area (Å²) >= 11 is 0. The maximum absolute atomic E-state index is 6.21. The fourth-order valence-corrected chi connectivity index (χ4v) is 9.28. The van der Waals surface area contributed by atoms with Gasteiger partial charge in [-0.15, -0.1) is 0 Å². The van der Waals surface area contributed by atoms with Crippen LogP contribution < -0.4 is 0 Å². The Morgan fingerprint density at radius 1 is 0.365 bits per heavy atom. The topological polar surface area (TPSA) is 13.1 Å². The van der Waals surface area contributed by atoms with Crippen LogP contribution >= 0.6 is 0 Å². The normalized spacial score (nSPS) is 13.3. The van der Waals surface area contributed by atoms with Crippen molar-refractivity contribution in [1.82, 2.24) is 0 Å². The van der Waals surface area contributed by atoms with Crippen LogP contribution in [-0.2, 0) is 5.41 Å². The van der Waals surface area contributed by atoms with Gasteiger partial charge in [-0.25, -0.2) is 0 Å². The lowest BCUT2D eigenvalue weighted by atomic mass is 9.80. The molecule has 0 N–H and O–H groups in total. The highest BCUT2D eigenvalue weighted by Crippen LogP contribution is 2.52. The SMILES string of the molecule is CC1(C)c2ccc(-c3cccc(-c4c5ccccc5c(-c5ccc6oc7ccccc7c6c5)c5ccccc45)c3)cc2-c2ccc3ccccc3c21. The van der Waals surface area contributed by atoms with Gasteiger partial charge in [-0.1, -0.05) is 153 Å². The summed E-state index contributed by atoms with van der Waals surface area (Å²) in [4.78, 5) is 0. The smallest absolute Gasteiger partial charge is 0.135 e. The highest BCUT2D eigenvalue weighted by Gasteiger charge is 2.37. The molecule has 11 rings (SSSR count). The van der Waals surface area contributed by atoms with E-state index in [9.17, 15) is 0 Å². The summed E-state index contributed by atoms with van der Waals surface area (Å²) < 4.78 is 6.21. The van der Waals surface area contributed by atoms with Crippen molar-refractivity contribution in [3.63, 3.8) is 0 Å². The molecule has 1 aliphatic rings. The lowest BCUT2D eigenvalue weighted by Gasteiger charge is -2.23. The van der Waals surface area contributed by atoms with E-state index in [-0.39, 0.29) is 5.41 Å². The molecule has 0 atom stereocenters. The molecule has 0 unspecified atom stereocenters. The lowest BCUT2D eigenvalue weighted by molar-refractivity contribution is 0.666. The van der Waals surface area contributed by atoms with Crippen LogP contribution in [0, 0.1) is 0 Å². The van der Waals surface area contributed by atoms with Crippen LogP contribution in [0.3, 0.4) is 0 Å². The molecule has 1 heteroatoms. The molecule has 1 aliphatic carbocycles. The summed E-state index contributed by atoms with van der Waals surface area (Å²) in [5.41, 5.74) is 14.7. The standard InChI is InChI=1S/C51H34O/c1-51(2)45-26-23-33(29-43(45)42-25-22-31-12-3-4-15-36(31)50(42)51)32-13-11-14-34(28-32)48-38-17-5-7-19-40(38)49(41-20-8-6-18-39(41)48)35-24-27-47-44(30-35)37-16-9-10-21-46(37)52-47/h3-30H,1-2H3. The van der Waals surface area contributed by atoms with E-state index in [2.05, 4.69) is 172 Å². The number of hydrogen-bond donors (Lipinski definition) is 0. The molecule has 0 saturated carbocycles. The molecule has 0 fully saturated rings. The molecule has 10 aromatic rings. The van der Waals surface area contributed by atoms with E-state index < -0.39 is 0 Å². The van der Waals surface area contributed by atoms with E-state index in [0.717, 1.165) is 21.9 Å². The molecule has 0 spiro atoms. The number of fused-ring (bicyclic) bond motifs is 10. The first-order valence-corrected chi connectivity index (χ1v) is 18.2. The van der Waals surface area contributed by atoms with E-state index in [1.165, 1.54) is 88.0 Å². The zero-order chi connectivity index (χ0) is 34.6. The third kappa shape index (κ3) is 4.11. The maximum atomic E-state index is 6.21. The highest BCUT2D eigenvalue weighted by molar-refractivity contribution is 6.22. The van der Waals surface area contributed by atoms with Crippen LogP contribution in [0.1, 0.15) is 25.0 Å². The van der Waals surface area contributed by atoms with Crippen molar-refractivity contribution >= 4 is 54.3 Å². The molecule has 1 heterocycles. The Morgan fingerprint density at radius 2 is 0.923 bits per heavy atom. The molecule has 9 aromatic carbocycles. The van der Waals surface area contributed by atoms with Crippen LogP contribution in [0.15, 0.2) is 174 Å². The first kappa shape index (κ1) is 29.3. The molecule has 1 aromatic heterocycles. The van der Waals surface area contributed by atoms with Gasteiger partial charge in [-0.05, 0) is 118 Å². The quantitative estimate of drug-likeness (QED) is 0.172. The maximum Gasteiger partial charge on any atom is 0.135 e. The van der Waals surface area contributed by atoms with Gasteiger partial charge in [0.05, 0.1) is 0 Å². The monoisotopic (exact) mass is 662 g/mol. The zero-order valence-corrected chi connectivity index (χ0v) is 29.1. The van der Waals surface area contributed by atoms with Gasteiger partial charge in [0.2, 0.25) is 0 Å². The molecular weight excluding hydrogens is 629 g/mol. The Hall–Kier alpha value is -6.44. The Bertz CT molecular complexity index is 3040. The van der Waals surface area contributed by atoms with Gasteiger partial charge >= 0.3 is 0 Å². The fraction of sp³-hybridized carbons (Fsp3) is 0.0588. The molecule has 0 radical (unpaired) electrons. The second-order valence-corrected chi connectivity index (χ2v) is 14.8. The van der Waals surface area contributed by atoms with Crippen LogP contribution in [0.25, 0.3) is 98.8 Å². The first-order valence-electron chi connectivity index (χ1n) is 18.2. The number of hydrogen-bond acceptors (Lipinski definition) is 1. The molecule has 52 heavy (non-hydrogen) atoms. The minimum atomic E-state index is -0.0687. The van der Waals surface area contributed by atoms with E-state index in [0.29, 0.717) is 0 Å². The first-order chi connectivity index (χ1) is 25.5. The van der Waals surface area contributed by atoms with Crippen molar-refractivity contribution in [3.8, 4) is 44.5 Å². The summed E-state index contributed by atoms with van der Waals surface area (Å²) in [6.45, 7) is 4.75. The van der Waals surface area contributed by atoms with Gasteiger partial charge in [0, 0.05) is 16.2 Å². The summed E-state index contributed by atoms with van der Waals surface area (Å²) in [6.07, 6.45) is 0. The second-order valence-electron chi connectivity index (χ2n) is 14.8. The average molecular weight is 663 g/mol. The van der Waals surface area contributed by atoms with Gasteiger partial charge < -0.3 is 4.42 Å². The average Bonchev–Trinajstić information content (AvgIpc) is 3.68. The van der Waals surface area contributed by atoms with Gasteiger partial charge in [0.15, 0.2) is 0 Å². The molecule has 0 saturated heterocycles. The minimum absolute atomic E-state index is 0.0687. The lowest BCUT2D eigenvalue weighted by Crippen LogP contribution is -2.15. The van der Waals surface area contributed by atoms with Gasteiger partial charge in [-0.3, -0.25) is 0 Å². The predicted octanol–water partition coefficient (Wildman–Crippen LogP) is 14.4. The predicted molar refractivity (Wildman–Crippen MR) is 220 cm³/mol. The molecule has 0 aliphatic heterocycles. The van der Waals surface area contributed by atoms with E-state index in [4.69, 9.17) is 4.42 Å². The van der Waals surface area contributed by atoms with Crippen LogP contribution in [0.2, 0.25) is 0 Å². The number of furan rings is 1. The van der Waals surface area contributed by atoms with Gasteiger partial charge in [-0.2, -0.15) is 0 Å². The molecular formula is C51H34O.